The summed E-state index contributed by atoms with van der Waals surface area (Å²) in [4.78, 5) is 18.8. The minimum Gasteiger partial charge on any atom is -0.368 e. The Kier molecular flexibility index (Phi) is 6.14. The minimum atomic E-state index is -0.454. The Hall–Kier alpha value is -2.34. The van der Waals surface area contributed by atoms with E-state index in [0.717, 1.165) is 61.9 Å². The van der Waals surface area contributed by atoms with Crippen molar-refractivity contribution in [1.29, 1.82) is 0 Å². The summed E-state index contributed by atoms with van der Waals surface area (Å²) in [6.07, 6.45) is 13.9. The highest BCUT2D eigenvalue weighted by Gasteiger charge is 2.35. The summed E-state index contributed by atoms with van der Waals surface area (Å²) in [5, 5.41) is 4.19. The molecule has 7 heteroatoms. The number of allylic oxidation sites excluding steroid dienone is 3. The number of amidine groups is 1. The van der Waals surface area contributed by atoms with Crippen LogP contribution in [-0.2, 0) is 0 Å². The molecule has 6 nitrogen and oxygen atoms in total. The maximum atomic E-state index is 6.32. The summed E-state index contributed by atoms with van der Waals surface area (Å²) >= 11 is 6.32. The number of aliphatic imine (C=N–C) groups is 1. The Morgan fingerprint density at radius 2 is 2.10 bits per heavy atom. The van der Waals surface area contributed by atoms with Gasteiger partial charge >= 0.3 is 0 Å². The smallest absolute Gasteiger partial charge is 0.155 e. The van der Waals surface area contributed by atoms with Gasteiger partial charge in [-0.25, -0.2) is 15.0 Å². The van der Waals surface area contributed by atoms with Gasteiger partial charge in [0.15, 0.2) is 5.82 Å². The van der Waals surface area contributed by atoms with Gasteiger partial charge in [0.25, 0.3) is 0 Å². The van der Waals surface area contributed by atoms with Gasteiger partial charge in [0.05, 0.1) is 11.4 Å². The number of anilines is 1. The lowest BCUT2D eigenvalue weighted by molar-refractivity contribution is 0.442. The van der Waals surface area contributed by atoms with Crippen molar-refractivity contribution < 1.29 is 0 Å². The molecule has 1 aliphatic carbocycles. The summed E-state index contributed by atoms with van der Waals surface area (Å²) < 4.78 is 0. The summed E-state index contributed by atoms with van der Waals surface area (Å²) in [6.45, 7) is 7.35. The van der Waals surface area contributed by atoms with Crippen LogP contribution in [0.2, 0.25) is 5.15 Å². The molecule has 0 aromatic carbocycles. The number of nitrogens with one attached hydrogen (secondary N) is 1. The average molecular weight is 427 g/mol. The average Bonchev–Trinajstić information content (AvgIpc) is 3.27. The molecule has 1 aromatic rings. The molecule has 1 N–H and O–H groups in total. The van der Waals surface area contributed by atoms with Gasteiger partial charge in [0.1, 0.15) is 22.3 Å². The molecule has 1 atom stereocenters. The first-order valence-electron chi connectivity index (χ1n) is 11.0. The highest BCUT2D eigenvalue weighted by atomic mass is 35.5. The number of halogens is 1. The number of aromatic nitrogens is 2. The van der Waals surface area contributed by atoms with Crippen molar-refractivity contribution in [2.24, 2.45) is 4.99 Å². The summed E-state index contributed by atoms with van der Waals surface area (Å²) in [6, 6.07) is 1.86. The van der Waals surface area contributed by atoms with Crippen molar-refractivity contribution >= 4 is 29.3 Å². The molecule has 1 saturated heterocycles. The zero-order valence-electron chi connectivity index (χ0n) is 18.2. The third-order valence-electron chi connectivity index (χ3n) is 5.86. The van der Waals surface area contributed by atoms with Crippen LogP contribution in [0.4, 0.5) is 5.82 Å². The number of hydrogen-bond donors (Lipinski definition) is 1. The summed E-state index contributed by atoms with van der Waals surface area (Å²) in [5.74, 6) is 2.56. The van der Waals surface area contributed by atoms with E-state index < -0.39 is 5.54 Å². The quantitative estimate of drug-likeness (QED) is 0.707. The molecule has 0 bridgehead atoms. The second-order valence-corrected chi connectivity index (χ2v) is 8.81. The van der Waals surface area contributed by atoms with Gasteiger partial charge in [-0.15, -0.1) is 0 Å². The molecule has 1 aromatic heterocycles. The second-order valence-electron chi connectivity index (χ2n) is 8.42. The van der Waals surface area contributed by atoms with Crippen LogP contribution < -0.4 is 10.2 Å². The van der Waals surface area contributed by atoms with Gasteiger partial charge < -0.3 is 15.1 Å². The molecule has 1 unspecified atom stereocenters. The second kappa shape index (κ2) is 8.80. The van der Waals surface area contributed by atoms with E-state index in [9.17, 15) is 0 Å². The Morgan fingerprint density at radius 1 is 1.30 bits per heavy atom. The van der Waals surface area contributed by atoms with Crippen LogP contribution in [0.25, 0.3) is 6.08 Å². The molecule has 0 radical (unpaired) electrons. The molecule has 30 heavy (non-hydrogen) atoms. The molecule has 0 amide bonds. The molecule has 1 fully saturated rings. The Bertz CT molecular complexity index is 912. The number of hydrogen-bond acceptors (Lipinski definition) is 6. The largest absolute Gasteiger partial charge is 0.368 e. The van der Waals surface area contributed by atoms with Crippen molar-refractivity contribution in [3.8, 4) is 0 Å². The van der Waals surface area contributed by atoms with Crippen LogP contribution in [0.15, 0.2) is 40.7 Å². The predicted molar refractivity (Wildman–Crippen MR) is 125 cm³/mol. The fraction of sp³-hybridized carbons (Fsp3) is 0.522. The van der Waals surface area contributed by atoms with Crippen molar-refractivity contribution in [2.75, 3.05) is 31.6 Å². The van der Waals surface area contributed by atoms with E-state index >= 15 is 0 Å². The fourth-order valence-corrected chi connectivity index (χ4v) is 4.53. The Labute approximate surface area is 184 Å². The van der Waals surface area contributed by atoms with Crippen LogP contribution >= 0.6 is 11.6 Å². The standard InChI is InChI=1S/C23H31ClN6/c1-4-13-29(3)22-23(2,28-18-10-6-5-9-17(18)25-22)12-11-20-26-19(24)16-21(27-20)30-14-7-8-15-30/h6,10-12,16,28H,4-5,7-9,13-15H2,1-3H3/b12-11+. The van der Waals surface area contributed by atoms with E-state index in [1.807, 2.05) is 12.1 Å². The molecule has 3 aliphatic rings. The lowest BCUT2D eigenvalue weighted by atomic mass is 9.93. The molecular formula is C23H31ClN6. The van der Waals surface area contributed by atoms with E-state index in [2.05, 4.69) is 59.2 Å². The van der Waals surface area contributed by atoms with Crippen molar-refractivity contribution in [1.82, 2.24) is 20.2 Å². The van der Waals surface area contributed by atoms with Crippen molar-refractivity contribution in [3.05, 3.63) is 46.7 Å². The molecule has 0 saturated carbocycles. The van der Waals surface area contributed by atoms with E-state index in [1.165, 1.54) is 12.8 Å². The molecule has 160 valence electrons. The van der Waals surface area contributed by atoms with Gasteiger partial charge in [-0.2, -0.15) is 0 Å². The van der Waals surface area contributed by atoms with Crippen molar-refractivity contribution in [2.45, 2.75) is 51.5 Å². The minimum absolute atomic E-state index is 0.454. The Balaban J connectivity index is 1.64. The van der Waals surface area contributed by atoms with Crippen LogP contribution in [0.1, 0.15) is 51.8 Å². The topological polar surface area (TPSA) is 56.6 Å². The number of nitrogens with zero attached hydrogens (tertiary/aromatic N) is 5. The van der Waals surface area contributed by atoms with Crippen LogP contribution in [0, 0.1) is 0 Å². The highest BCUT2D eigenvalue weighted by Crippen LogP contribution is 2.29. The van der Waals surface area contributed by atoms with E-state index in [-0.39, 0.29) is 0 Å². The third kappa shape index (κ3) is 4.38. The van der Waals surface area contributed by atoms with Crippen LogP contribution in [-0.4, -0.2) is 52.9 Å². The molecule has 0 spiro atoms. The van der Waals surface area contributed by atoms with Crippen molar-refractivity contribution in [3.63, 3.8) is 0 Å². The zero-order valence-corrected chi connectivity index (χ0v) is 18.9. The van der Waals surface area contributed by atoms with Gasteiger partial charge in [0, 0.05) is 32.7 Å². The third-order valence-corrected chi connectivity index (χ3v) is 6.05. The monoisotopic (exact) mass is 426 g/mol. The molecule has 3 heterocycles. The Morgan fingerprint density at radius 3 is 2.87 bits per heavy atom. The van der Waals surface area contributed by atoms with E-state index in [4.69, 9.17) is 21.6 Å². The summed E-state index contributed by atoms with van der Waals surface area (Å²) in [5.41, 5.74) is 1.78. The molecule has 2 aliphatic heterocycles. The van der Waals surface area contributed by atoms with Gasteiger partial charge in [-0.1, -0.05) is 24.6 Å². The van der Waals surface area contributed by atoms with E-state index in [0.29, 0.717) is 11.0 Å². The lowest BCUT2D eigenvalue weighted by Gasteiger charge is -2.40. The van der Waals surface area contributed by atoms with Gasteiger partial charge in [-0.05, 0) is 57.3 Å². The zero-order chi connectivity index (χ0) is 21.1. The maximum Gasteiger partial charge on any atom is 0.155 e. The number of likely N-dealkylation sites (N-methyl/N-ethyl adjacent to an activating group) is 1. The predicted octanol–water partition coefficient (Wildman–Crippen LogP) is 4.41. The SMILES string of the molecule is CCCN(C)C1=NC2=C(C=CCC2)NC1(C)/C=C/c1nc(Cl)cc(N2CCCC2)n1. The first kappa shape index (κ1) is 20.9. The number of rotatable bonds is 5. The summed E-state index contributed by atoms with van der Waals surface area (Å²) in [7, 11) is 2.11. The van der Waals surface area contributed by atoms with Crippen LogP contribution in [0.5, 0.6) is 0 Å². The first-order valence-corrected chi connectivity index (χ1v) is 11.3. The molecular weight excluding hydrogens is 396 g/mol. The van der Waals surface area contributed by atoms with Gasteiger partial charge in [-0.3, -0.25) is 0 Å². The van der Waals surface area contributed by atoms with Crippen LogP contribution in [0.3, 0.4) is 0 Å². The fourth-order valence-electron chi connectivity index (χ4n) is 4.35. The van der Waals surface area contributed by atoms with Gasteiger partial charge in [0.2, 0.25) is 0 Å². The first-order chi connectivity index (χ1) is 14.5. The normalized spacial score (nSPS) is 23.6. The highest BCUT2D eigenvalue weighted by molar-refractivity contribution is 6.29. The maximum absolute atomic E-state index is 6.32. The lowest BCUT2D eigenvalue weighted by Crippen LogP contribution is -2.55. The van der Waals surface area contributed by atoms with E-state index in [1.54, 1.807) is 0 Å². The molecule has 4 rings (SSSR count).